The monoisotopic (exact) mass is 286 g/mol. The Bertz CT molecular complexity index is 592. The largest absolute Gasteiger partial charge is 0.326 e. The van der Waals surface area contributed by atoms with Gasteiger partial charge in [-0.1, -0.05) is 12.1 Å². The molecule has 1 aliphatic heterocycles. The first kappa shape index (κ1) is 13.6. The van der Waals surface area contributed by atoms with Crippen molar-refractivity contribution in [1.29, 1.82) is 5.41 Å². The van der Waals surface area contributed by atoms with Gasteiger partial charge in [-0.3, -0.25) is 15.5 Å². The second kappa shape index (κ2) is 5.20. The van der Waals surface area contributed by atoms with Gasteiger partial charge in [-0.15, -0.1) is 0 Å². The molecular weight excluding hydrogens is 268 g/mol. The van der Waals surface area contributed by atoms with Gasteiger partial charge in [0.2, 0.25) is 5.91 Å². The maximum absolute atomic E-state index is 12.0. The summed E-state index contributed by atoms with van der Waals surface area (Å²) in [5.74, 6) is 0.666. The zero-order valence-corrected chi connectivity index (χ0v) is 11.8. The van der Waals surface area contributed by atoms with E-state index in [-0.39, 0.29) is 23.8 Å². The molecule has 1 saturated heterocycles. The molecule has 6 heteroatoms. The first-order chi connectivity index (χ1) is 10.0. The van der Waals surface area contributed by atoms with Crippen LogP contribution in [0.1, 0.15) is 31.4 Å². The molecule has 3 rings (SSSR count). The number of nitrogens with zero attached hydrogens (tertiary/aromatic N) is 1. The molecule has 1 atom stereocenters. The Balaban J connectivity index is 1.80. The Hall–Kier alpha value is -2.37. The average molecular weight is 286 g/mol. The molecule has 6 nitrogen and oxygen atoms in total. The number of rotatable bonds is 4. The zero-order valence-electron chi connectivity index (χ0n) is 11.8. The summed E-state index contributed by atoms with van der Waals surface area (Å²) in [6.45, 7) is 2.16. The van der Waals surface area contributed by atoms with Crippen molar-refractivity contribution >= 4 is 23.5 Å². The van der Waals surface area contributed by atoms with Gasteiger partial charge < -0.3 is 10.2 Å². The molecule has 2 aliphatic rings. The van der Waals surface area contributed by atoms with Crippen LogP contribution in [0.3, 0.4) is 0 Å². The third kappa shape index (κ3) is 2.89. The van der Waals surface area contributed by atoms with Crippen LogP contribution >= 0.6 is 0 Å². The lowest BCUT2D eigenvalue weighted by molar-refractivity contribution is -0.114. The van der Waals surface area contributed by atoms with Gasteiger partial charge in [-0.25, -0.2) is 4.79 Å². The summed E-state index contributed by atoms with van der Waals surface area (Å²) in [7, 11) is 0. The Kier molecular flexibility index (Phi) is 3.37. The van der Waals surface area contributed by atoms with Crippen molar-refractivity contribution in [3.05, 3.63) is 29.8 Å². The Morgan fingerprint density at radius 3 is 2.62 bits per heavy atom. The quantitative estimate of drug-likeness (QED) is 0.791. The SMILES string of the molecule is CC(=O)Nc1ccc(C2C(=N)NC(=O)N2CC2CC2)cc1. The molecule has 0 aromatic heterocycles. The van der Waals surface area contributed by atoms with Crippen LogP contribution in [0.25, 0.3) is 0 Å². The van der Waals surface area contributed by atoms with Crippen molar-refractivity contribution in [3.8, 4) is 0 Å². The highest BCUT2D eigenvalue weighted by molar-refractivity contribution is 6.06. The molecule has 1 heterocycles. The summed E-state index contributed by atoms with van der Waals surface area (Å²) in [6.07, 6.45) is 2.32. The molecular formula is C15H18N4O2. The number of hydrogen-bond donors (Lipinski definition) is 3. The van der Waals surface area contributed by atoms with E-state index < -0.39 is 0 Å². The van der Waals surface area contributed by atoms with Gasteiger partial charge in [0.15, 0.2) is 0 Å². The van der Waals surface area contributed by atoms with Crippen molar-refractivity contribution < 1.29 is 9.59 Å². The molecule has 3 amide bonds. The molecule has 0 bridgehead atoms. The molecule has 3 N–H and O–H groups in total. The normalized spacial score (nSPS) is 21.4. The van der Waals surface area contributed by atoms with Crippen molar-refractivity contribution in [2.24, 2.45) is 5.92 Å². The molecule has 1 aromatic rings. The van der Waals surface area contributed by atoms with Gasteiger partial charge >= 0.3 is 6.03 Å². The molecule has 2 fully saturated rings. The summed E-state index contributed by atoms with van der Waals surface area (Å²) in [4.78, 5) is 24.7. The number of amidine groups is 1. The number of urea groups is 1. The standard InChI is InChI=1S/C15H18N4O2/c1-9(20)17-12-6-4-11(5-7-12)13-14(16)18-15(21)19(13)8-10-2-3-10/h4-7,10,13H,2-3,8H2,1H3,(H,17,20)(H2,16,18,21). The maximum atomic E-state index is 12.0. The highest BCUT2D eigenvalue weighted by Gasteiger charge is 2.39. The van der Waals surface area contributed by atoms with Gasteiger partial charge in [0.05, 0.1) is 0 Å². The molecule has 110 valence electrons. The summed E-state index contributed by atoms with van der Waals surface area (Å²) in [5, 5.41) is 13.3. The number of carbonyl (C=O) groups excluding carboxylic acids is 2. The molecule has 1 aromatic carbocycles. The summed E-state index contributed by atoms with van der Waals surface area (Å²) in [6, 6.07) is 6.76. The summed E-state index contributed by atoms with van der Waals surface area (Å²) >= 11 is 0. The molecule has 21 heavy (non-hydrogen) atoms. The van der Waals surface area contributed by atoms with Gasteiger partial charge in [-0.2, -0.15) is 0 Å². The molecule has 1 saturated carbocycles. The number of carbonyl (C=O) groups is 2. The number of anilines is 1. The Labute approximate surface area is 123 Å². The van der Waals surface area contributed by atoms with Crippen molar-refractivity contribution in [1.82, 2.24) is 10.2 Å². The van der Waals surface area contributed by atoms with Crippen LogP contribution in [0.15, 0.2) is 24.3 Å². The first-order valence-electron chi connectivity index (χ1n) is 7.08. The van der Waals surface area contributed by atoms with Crippen LogP contribution in [-0.4, -0.2) is 29.2 Å². The summed E-state index contributed by atoms with van der Waals surface area (Å²) in [5.41, 5.74) is 1.59. The molecule has 1 aliphatic carbocycles. The fraction of sp³-hybridized carbons (Fsp3) is 0.400. The van der Waals surface area contributed by atoms with Gasteiger partial charge in [0, 0.05) is 19.2 Å². The van der Waals surface area contributed by atoms with Gasteiger partial charge in [0.25, 0.3) is 0 Å². The van der Waals surface area contributed by atoms with Crippen LogP contribution < -0.4 is 10.6 Å². The Morgan fingerprint density at radius 1 is 1.38 bits per heavy atom. The number of benzene rings is 1. The highest BCUT2D eigenvalue weighted by Crippen LogP contribution is 2.35. The lowest BCUT2D eigenvalue weighted by Crippen LogP contribution is -2.31. The number of nitrogens with one attached hydrogen (secondary N) is 3. The predicted molar refractivity (Wildman–Crippen MR) is 79.2 cm³/mol. The van der Waals surface area contributed by atoms with E-state index in [1.807, 2.05) is 12.1 Å². The van der Waals surface area contributed by atoms with Crippen LogP contribution in [0.2, 0.25) is 0 Å². The van der Waals surface area contributed by atoms with E-state index in [2.05, 4.69) is 10.6 Å². The van der Waals surface area contributed by atoms with E-state index in [0.29, 0.717) is 18.2 Å². The van der Waals surface area contributed by atoms with Gasteiger partial charge in [0.1, 0.15) is 11.9 Å². The first-order valence-corrected chi connectivity index (χ1v) is 7.08. The van der Waals surface area contributed by atoms with Crippen LogP contribution in [-0.2, 0) is 4.79 Å². The summed E-state index contributed by atoms with van der Waals surface area (Å²) < 4.78 is 0. The molecule has 1 unspecified atom stereocenters. The Morgan fingerprint density at radius 2 is 2.05 bits per heavy atom. The lowest BCUT2D eigenvalue weighted by atomic mass is 10.0. The van der Waals surface area contributed by atoms with E-state index in [1.165, 1.54) is 6.92 Å². The van der Waals surface area contributed by atoms with Crippen LogP contribution in [0.4, 0.5) is 10.5 Å². The van der Waals surface area contributed by atoms with E-state index in [0.717, 1.165) is 18.4 Å². The van der Waals surface area contributed by atoms with Crippen molar-refractivity contribution in [3.63, 3.8) is 0 Å². The minimum Gasteiger partial charge on any atom is -0.326 e. The van der Waals surface area contributed by atoms with E-state index in [1.54, 1.807) is 17.0 Å². The average Bonchev–Trinajstić information content (AvgIpc) is 3.18. The minimum absolute atomic E-state index is 0.122. The number of hydrogen-bond acceptors (Lipinski definition) is 3. The zero-order chi connectivity index (χ0) is 15.0. The second-order valence-corrected chi connectivity index (χ2v) is 5.65. The number of amides is 3. The second-order valence-electron chi connectivity index (χ2n) is 5.65. The van der Waals surface area contributed by atoms with E-state index >= 15 is 0 Å². The third-order valence-electron chi connectivity index (χ3n) is 3.79. The smallest absolute Gasteiger partial charge is 0.323 e. The van der Waals surface area contributed by atoms with Crippen molar-refractivity contribution in [2.45, 2.75) is 25.8 Å². The van der Waals surface area contributed by atoms with Crippen molar-refractivity contribution in [2.75, 3.05) is 11.9 Å². The molecule has 0 radical (unpaired) electrons. The van der Waals surface area contributed by atoms with E-state index in [4.69, 9.17) is 5.41 Å². The van der Waals surface area contributed by atoms with Gasteiger partial charge in [-0.05, 0) is 36.5 Å². The fourth-order valence-corrected chi connectivity index (χ4v) is 2.59. The van der Waals surface area contributed by atoms with Crippen LogP contribution in [0.5, 0.6) is 0 Å². The van der Waals surface area contributed by atoms with E-state index in [9.17, 15) is 9.59 Å². The lowest BCUT2D eigenvalue weighted by Gasteiger charge is -2.23. The third-order valence-corrected chi connectivity index (χ3v) is 3.79. The predicted octanol–water partition coefficient (Wildman–Crippen LogP) is 2.10. The topological polar surface area (TPSA) is 85.3 Å². The minimum atomic E-state index is -0.343. The maximum Gasteiger partial charge on any atom is 0.323 e. The fourth-order valence-electron chi connectivity index (χ4n) is 2.59. The highest BCUT2D eigenvalue weighted by atomic mass is 16.2. The van der Waals surface area contributed by atoms with Crippen LogP contribution in [0, 0.1) is 11.3 Å². The molecule has 0 spiro atoms.